The number of piperidine rings is 1. The smallest absolute Gasteiger partial charge is 0.256 e. The van der Waals surface area contributed by atoms with Crippen LogP contribution in [0.1, 0.15) is 52.9 Å². The SMILES string of the molecule is CCCCC1=NC2(CCN(C3COC3)CC2)C(=O)N1C(C)C. The molecule has 0 aromatic carbocycles. The Morgan fingerprint density at radius 3 is 2.50 bits per heavy atom. The first-order valence-corrected chi connectivity index (χ1v) is 8.81. The zero-order chi connectivity index (χ0) is 15.7. The molecule has 0 atom stereocenters. The van der Waals surface area contributed by atoms with Crippen LogP contribution >= 0.6 is 0 Å². The summed E-state index contributed by atoms with van der Waals surface area (Å²) in [5.41, 5.74) is -0.464. The second-order valence-corrected chi connectivity index (χ2v) is 7.16. The van der Waals surface area contributed by atoms with Crippen LogP contribution in [-0.2, 0) is 9.53 Å². The largest absolute Gasteiger partial charge is 0.378 e. The highest BCUT2D eigenvalue weighted by molar-refractivity contribution is 6.08. The van der Waals surface area contributed by atoms with Crippen LogP contribution in [0, 0.1) is 0 Å². The summed E-state index contributed by atoms with van der Waals surface area (Å²) < 4.78 is 5.29. The highest BCUT2D eigenvalue weighted by atomic mass is 16.5. The van der Waals surface area contributed by atoms with E-state index in [1.54, 1.807) is 0 Å². The summed E-state index contributed by atoms with van der Waals surface area (Å²) in [5.74, 6) is 1.28. The van der Waals surface area contributed by atoms with E-state index in [4.69, 9.17) is 9.73 Å². The number of hydrogen-bond acceptors (Lipinski definition) is 4. The fraction of sp³-hybridized carbons (Fsp3) is 0.882. The van der Waals surface area contributed by atoms with Gasteiger partial charge in [0.1, 0.15) is 11.4 Å². The van der Waals surface area contributed by atoms with Crippen LogP contribution in [0.25, 0.3) is 0 Å². The molecule has 0 radical (unpaired) electrons. The third kappa shape index (κ3) is 2.69. The normalized spacial score (nSPS) is 25.9. The molecule has 0 aromatic rings. The summed E-state index contributed by atoms with van der Waals surface area (Å²) in [6, 6.07) is 0.777. The second-order valence-electron chi connectivity index (χ2n) is 7.16. The number of ether oxygens (including phenoxy) is 1. The molecular formula is C17H29N3O2. The zero-order valence-electron chi connectivity index (χ0n) is 14.2. The van der Waals surface area contributed by atoms with Gasteiger partial charge in [-0.15, -0.1) is 0 Å². The fourth-order valence-electron chi connectivity index (χ4n) is 3.75. The lowest BCUT2D eigenvalue weighted by Crippen LogP contribution is -2.57. The quantitative estimate of drug-likeness (QED) is 0.781. The van der Waals surface area contributed by atoms with Crippen molar-refractivity contribution in [3.63, 3.8) is 0 Å². The minimum atomic E-state index is -0.464. The van der Waals surface area contributed by atoms with Gasteiger partial charge in [-0.3, -0.25) is 19.6 Å². The van der Waals surface area contributed by atoms with Crippen molar-refractivity contribution >= 4 is 11.7 Å². The molecule has 2 saturated heterocycles. The number of carbonyl (C=O) groups excluding carboxylic acids is 1. The predicted octanol–water partition coefficient (Wildman–Crippen LogP) is 2.06. The van der Waals surface area contributed by atoms with E-state index in [-0.39, 0.29) is 11.9 Å². The number of likely N-dealkylation sites (tertiary alicyclic amines) is 1. The van der Waals surface area contributed by atoms with E-state index in [1.807, 2.05) is 4.90 Å². The third-order valence-corrected chi connectivity index (χ3v) is 5.27. The van der Waals surface area contributed by atoms with Gasteiger partial charge in [-0.05, 0) is 33.1 Å². The molecule has 124 valence electrons. The van der Waals surface area contributed by atoms with Crippen molar-refractivity contribution < 1.29 is 9.53 Å². The van der Waals surface area contributed by atoms with Crippen LogP contribution in [0.15, 0.2) is 4.99 Å². The monoisotopic (exact) mass is 307 g/mol. The molecule has 0 saturated carbocycles. The third-order valence-electron chi connectivity index (χ3n) is 5.27. The van der Waals surface area contributed by atoms with Gasteiger partial charge in [0.25, 0.3) is 5.91 Å². The Hall–Kier alpha value is -0.940. The van der Waals surface area contributed by atoms with Crippen LogP contribution in [0.3, 0.4) is 0 Å². The van der Waals surface area contributed by atoms with E-state index in [0.717, 1.165) is 64.2 Å². The van der Waals surface area contributed by atoms with Crippen LogP contribution < -0.4 is 0 Å². The number of nitrogens with zero attached hydrogens (tertiary/aromatic N) is 3. The molecule has 3 rings (SSSR count). The average Bonchev–Trinajstić information content (AvgIpc) is 2.70. The van der Waals surface area contributed by atoms with E-state index in [0.29, 0.717) is 6.04 Å². The Labute approximate surface area is 133 Å². The number of carbonyl (C=O) groups is 1. The molecule has 0 aliphatic carbocycles. The van der Waals surface area contributed by atoms with Crippen LogP contribution in [0.4, 0.5) is 0 Å². The maximum absolute atomic E-state index is 13.0. The molecule has 2 fully saturated rings. The van der Waals surface area contributed by atoms with Crippen molar-refractivity contribution in [2.45, 2.75) is 70.5 Å². The molecule has 0 unspecified atom stereocenters. The van der Waals surface area contributed by atoms with Gasteiger partial charge in [0.2, 0.25) is 0 Å². The molecule has 3 aliphatic heterocycles. The van der Waals surface area contributed by atoms with E-state index < -0.39 is 5.54 Å². The van der Waals surface area contributed by atoms with Crippen molar-refractivity contribution in [3.8, 4) is 0 Å². The lowest BCUT2D eigenvalue weighted by molar-refractivity contribution is -0.135. The van der Waals surface area contributed by atoms with Crippen molar-refractivity contribution in [1.29, 1.82) is 0 Å². The topological polar surface area (TPSA) is 45.1 Å². The van der Waals surface area contributed by atoms with Gasteiger partial charge in [-0.25, -0.2) is 0 Å². The standard InChI is InChI=1S/C17H29N3O2/c1-4-5-6-15-18-17(16(21)20(15)13(2)3)7-9-19(10-8-17)14-11-22-12-14/h13-14H,4-12H2,1-3H3. The fourth-order valence-corrected chi connectivity index (χ4v) is 3.75. The first-order valence-electron chi connectivity index (χ1n) is 8.81. The van der Waals surface area contributed by atoms with E-state index in [1.165, 1.54) is 0 Å². The molecule has 5 heteroatoms. The molecule has 3 aliphatic rings. The van der Waals surface area contributed by atoms with Gasteiger partial charge in [-0.2, -0.15) is 0 Å². The number of amides is 1. The van der Waals surface area contributed by atoms with Crippen molar-refractivity contribution in [1.82, 2.24) is 9.80 Å². The molecule has 22 heavy (non-hydrogen) atoms. The lowest BCUT2D eigenvalue weighted by atomic mass is 9.86. The van der Waals surface area contributed by atoms with E-state index in [2.05, 4.69) is 25.7 Å². The van der Waals surface area contributed by atoms with Gasteiger partial charge < -0.3 is 4.74 Å². The summed E-state index contributed by atoms with van der Waals surface area (Å²) in [6.45, 7) is 10.0. The molecule has 0 aromatic heterocycles. The van der Waals surface area contributed by atoms with Gasteiger partial charge >= 0.3 is 0 Å². The second kappa shape index (κ2) is 6.28. The van der Waals surface area contributed by atoms with Crippen molar-refractivity contribution in [2.75, 3.05) is 26.3 Å². The predicted molar refractivity (Wildman–Crippen MR) is 87.1 cm³/mol. The maximum Gasteiger partial charge on any atom is 0.256 e. The molecule has 0 bridgehead atoms. The minimum absolute atomic E-state index is 0.209. The number of aliphatic imine (C=N–C) groups is 1. The summed E-state index contributed by atoms with van der Waals surface area (Å²) in [7, 11) is 0. The summed E-state index contributed by atoms with van der Waals surface area (Å²) in [6.07, 6.45) is 4.91. The van der Waals surface area contributed by atoms with Gasteiger partial charge in [0.15, 0.2) is 0 Å². The van der Waals surface area contributed by atoms with Crippen molar-refractivity contribution in [3.05, 3.63) is 0 Å². The summed E-state index contributed by atoms with van der Waals surface area (Å²) in [4.78, 5) is 22.4. The Kier molecular flexibility index (Phi) is 4.55. The summed E-state index contributed by atoms with van der Waals surface area (Å²) in [5, 5.41) is 0. The van der Waals surface area contributed by atoms with Crippen LogP contribution in [-0.4, -0.2) is 65.5 Å². The molecule has 5 nitrogen and oxygen atoms in total. The Balaban J connectivity index is 1.72. The number of hydrogen-bond donors (Lipinski definition) is 0. The highest BCUT2D eigenvalue weighted by Gasteiger charge is 2.50. The molecule has 1 spiro atoms. The zero-order valence-corrected chi connectivity index (χ0v) is 14.2. The molecule has 3 heterocycles. The molecule has 1 amide bonds. The minimum Gasteiger partial charge on any atom is -0.378 e. The Morgan fingerprint density at radius 2 is 2.00 bits per heavy atom. The Morgan fingerprint density at radius 1 is 1.32 bits per heavy atom. The van der Waals surface area contributed by atoms with Crippen molar-refractivity contribution in [2.24, 2.45) is 4.99 Å². The van der Waals surface area contributed by atoms with Gasteiger partial charge in [0.05, 0.1) is 19.3 Å². The average molecular weight is 307 g/mol. The van der Waals surface area contributed by atoms with E-state index in [9.17, 15) is 4.79 Å². The number of unbranched alkanes of at least 4 members (excludes halogenated alkanes) is 1. The molecule has 0 N–H and O–H groups in total. The molecular weight excluding hydrogens is 278 g/mol. The number of rotatable bonds is 5. The summed E-state index contributed by atoms with van der Waals surface area (Å²) >= 11 is 0. The highest BCUT2D eigenvalue weighted by Crippen LogP contribution is 2.36. The lowest BCUT2D eigenvalue weighted by Gasteiger charge is -2.43. The van der Waals surface area contributed by atoms with Crippen LogP contribution in [0.2, 0.25) is 0 Å². The Bertz CT molecular complexity index is 449. The van der Waals surface area contributed by atoms with Crippen LogP contribution in [0.5, 0.6) is 0 Å². The maximum atomic E-state index is 13.0. The van der Waals surface area contributed by atoms with Gasteiger partial charge in [-0.1, -0.05) is 13.3 Å². The number of amidine groups is 1. The van der Waals surface area contributed by atoms with E-state index >= 15 is 0 Å². The van der Waals surface area contributed by atoms with Gasteiger partial charge in [0, 0.05) is 25.6 Å². The first kappa shape index (κ1) is 15.9. The first-order chi connectivity index (χ1) is 10.6.